The van der Waals surface area contributed by atoms with Crippen molar-refractivity contribution in [3.63, 3.8) is 0 Å². The SMILES string of the molecule is COc1cc(F)c(C(=O)Nc2ccn(CCC(C)C)n2)cc1OC. The van der Waals surface area contributed by atoms with Gasteiger partial charge in [-0.15, -0.1) is 0 Å². The molecule has 1 aromatic heterocycles. The van der Waals surface area contributed by atoms with Crippen molar-refractivity contribution in [3.8, 4) is 11.5 Å². The lowest BCUT2D eigenvalue weighted by Gasteiger charge is -2.10. The summed E-state index contributed by atoms with van der Waals surface area (Å²) in [6, 6.07) is 4.10. The Balaban J connectivity index is 2.12. The van der Waals surface area contributed by atoms with Crippen LogP contribution in [0.1, 0.15) is 30.6 Å². The zero-order valence-electron chi connectivity index (χ0n) is 14.3. The van der Waals surface area contributed by atoms with E-state index in [1.807, 2.05) is 0 Å². The first-order valence-electron chi connectivity index (χ1n) is 7.71. The van der Waals surface area contributed by atoms with Crippen molar-refractivity contribution in [2.45, 2.75) is 26.8 Å². The van der Waals surface area contributed by atoms with Gasteiger partial charge in [0.05, 0.1) is 19.8 Å². The molecule has 0 atom stereocenters. The van der Waals surface area contributed by atoms with Crippen LogP contribution in [0.3, 0.4) is 0 Å². The number of aryl methyl sites for hydroxylation is 1. The minimum atomic E-state index is -0.690. The lowest BCUT2D eigenvalue weighted by Crippen LogP contribution is -2.15. The molecule has 130 valence electrons. The highest BCUT2D eigenvalue weighted by Crippen LogP contribution is 2.30. The van der Waals surface area contributed by atoms with Gasteiger partial charge in [-0.3, -0.25) is 9.48 Å². The number of rotatable bonds is 7. The Labute approximate surface area is 140 Å². The molecule has 1 N–H and O–H groups in total. The number of carbonyl (C=O) groups excluding carboxylic acids is 1. The van der Waals surface area contributed by atoms with E-state index < -0.39 is 11.7 Å². The van der Waals surface area contributed by atoms with Crippen LogP contribution in [0, 0.1) is 11.7 Å². The molecule has 0 aliphatic rings. The van der Waals surface area contributed by atoms with Crippen LogP contribution in [0.4, 0.5) is 10.2 Å². The van der Waals surface area contributed by atoms with Gasteiger partial charge in [0.15, 0.2) is 17.3 Å². The van der Waals surface area contributed by atoms with Crippen LogP contribution in [-0.4, -0.2) is 29.9 Å². The van der Waals surface area contributed by atoms with Crippen LogP contribution < -0.4 is 14.8 Å². The number of nitrogens with zero attached hydrogens (tertiary/aromatic N) is 2. The van der Waals surface area contributed by atoms with Gasteiger partial charge in [0, 0.05) is 24.9 Å². The molecule has 0 saturated carbocycles. The first kappa shape index (κ1) is 17.8. The highest BCUT2D eigenvalue weighted by atomic mass is 19.1. The van der Waals surface area contributed by atoms with Crippen LogP contribution in [0.2, 0.25) is 0 Å². The van der Waals surface area contributed by atoms with E-state index in [1.54, 1.807) is 16.9 Å². The van der Waals surface area contributed by atoms with E-state index in [0.29, 0.717) is 11.7 Å². The summed E-state index contributed by atoms with van der Waals surface area (Å²) >= 11 is 0. The molecule has 0 aliphatic heterocycles. The second-order valence-electron chi connectivity index (χ2n) is 5.79. The lowest BCUT2D eigenvalue weighted by atomic mass is 10.1. The standard InChI is InChI=1S/C17H22FN3O3/c1-11(2)5-7-21-8-6-16(20-21)19-17(22)12-9-14(23-3)15(24-4)10-13(12)18/h6,8-11H,5,7H2,1-4H3,(H,19,20,22). The fourth-order valence-corrected chi connectivity index (χ4v) is 2.16. The number of amides is 1. The first-order chi connectivity index (χ1) is 11.4. The van der Waals surface area contributed by atoms with Gasteiger partial charge in [0.25, 0.3) is 5.91 Å². The normalized spacial score (nSPS) is 10.8. The molecule has 7 heteroatoms. The summed E-state index contributed by atoms with van der Waals surface area (Å²) in [5.41, 5.74) is -0.135. The second kappa shape index (κ2) is 7.81. The van der Waals surface area contributed by atoms with Gasteiger partial charge in [-0.2, -0.15) is 5.10 Å². The number of halogens is 1. The Hall–Kier alpha value is -2.57. The Morgan fingerprint density at radius 1 is 1.29 bits per heavy atom. The third kappa shape index (κ3) is 4.24. The van der Waals surface area contributed by atoms with Gasteiger partial charge >= 0.3 is 0 Å². The summed E-state index contributed by atoms with van der Waals surface area (Å²) < 4.78 is 26.0. The van der Waals surface area contributed by atoms with Gasteiger partial charge in [-0.05, 0) is 18.4 Å². The van der Waals surface area contributed by atoms with E-state index in [4.69, 9.17) is 9.47 Å². The molecule has 2 aromatic rings. The highest BCUT2D eigenvalue weighted by Gasteiger charge is 2.18. The van der Waals surface area contributed by atoms with Gasteiger partial charge in [-0.25, -0.2) is 4.39 Å². The molecule has 0 unspecified atom stereocenters. The fraction of sp³-hybridized carbons (Fsp3) is 0.412. The molecule has 0 aliphatic carbocycles. The zero-order chi connectivity index (χ0) is 17.7. The Morgan fingerprint density at radius 2 is 1.96 bits per heavy atom. The number of hydrogen-bond acceptors (Lipinski definition) is 4. The Morgan fingerprint density at radius 3 is 2.58 bits per heavy atom. The number of aromatic nitrogens is 2. The number of anilines is 1. The van der Waals surface area contributed by atoms with Crippen molar-refractivity contribution in [3.05, 3.63) is 35.8 Å². The smallest absolute Gasteiger partial charge is 0.259 e. The Bertz CT molecular complexity index is 713. The van der Waals surface area contributed by atoms with E-state index in [2.05, 4.69) is 24.3 Å². The van der Waals surface area contributed by atoms with E-state index in [1.165, 1.54) is 20.3 Å². The average molecular weight is 335 g/mol. The molecule has 0 spiro atoms. The Kier molecular flexibility index (Phi) is 5.78. The minimum absolute atomic E-state index is 0.135. The zero-order valence-corrected chi connectivity index (χ0v) is 14.3. The quantitative estimate of drug-likeness (QED) is 0.843. The first-order valence-corrected chi connectivity index (χ1v) is 7.71. The molecule has 1 heterocycles. The molecule has 0 saturated heterocycles. The maximum atomic E-state index is 14.1. The third-order valence-corrected chi connectivity index (χ3v) is 3.54. The van der Waals surface area contributed by atoms with Crippen molar-refractivity contribution in [1.29, 1.82) is 0 Å². The summed E-state index contributed by atoms with van der Waals surface area (Å²) in [7, 11) is 2.83. The summed E-state index contributed by atoms with van der Waals surface area (Å²) in [4.78, 5) is 12.3. The molecular weight excluding hydrogens is 313 g/mol. The average Bonchev–Trinajstić information content (AvgIpc) is 2.99. The maximum absolute atomic E-state index is 14.1. The second-order valence-corrected chi connectivity index (χ2v) is 5.79. The molecule has 0 bridgehead atoms. The number of hydrogen-bond donors (Lipinski definition) is 1. The number of carbonyl (C=O) groups is 1. The molecule has 2 rings (SSSR count). The van der Waals surface area contributed by atoms with Crippen molar-refractivity contribution >= 4 is 11.7 Å². The summed E-state index contributed by atoms with van der Waals surface area (Å²) in [5, 5.41) is 6.85. The predicted octanol–water partition coefficient (Wildman–Crippen LogP) is 3.34. The molecule has 0 radical (unpaired) electrons. The van der Waals surface area contributed by atoms with Crippen LogP contribution >= 0.6 is 0 Å². The third-order valence-electron chi connectivity index (χ3n) is 3.54. The van der Waals surface area contributed by atoms with Crippen molar-refractivity contribution in [2.75, 3.05) is 19.5 Å². The van der Waals surface area contributed by atoms with Gasteiger partial charge < -0.3 is 14.8 Å². The van der Waals surface area contributed by atoms with Crippen molar-refractivity contribution in [1.82, 2.24) is 9.78 Å². The highest BCUT2D eigenvalue weighted by molar-refractivity contribution is 6.04. The minimum Gasteiger partial charge on any atom is -0.493 e. The van der Waals surface area contributed by atoms with E-state index in [0.717, 1.165) is 19.0 Å². The van der Waals surface area contributed by atoms with Gasteiger partial charge in [0.2, 0.25) is 0 Å². The number of nitrogens with one attached hydrogen (secondary N) is 1. The molecule has 6 nitrogen and oxygen atoms in total. The van der Waals surface area contributed by atoms with E-state index >= 15 is 0 Å². The van der Waals surface area contributed by atoms with Gasteiger partial charge in [-0.1, -0.05) is 13.8 Å². The summed E-state index contributed by atoms with van der Waals surface area (Å²) in [6.07, 6.45) is 2.77. The lowest BCUT2D eigenvalue weighted by molar-refractivity contribution is 0.102. The van der Waals surface area contributed by atoms with Gasteiger partial charge in [0.1, 0.15) is 5.82 Å². The molecule has 24 heavy (non-hydrogen) atoms. The number of benzene rings is 1. The van der Waals surface area contributed by atoms with E-state index in [-0.39, 0.29) is 17.1 Å². The molecular formula is C17H22FN3O3. The monoisotopic (exact) mass is 335 g/mol. The predicted molar refractivity (Wildman–Crippen MR) is 89.1 cm³/mol. The summed E-state index contributed by atoms with van der Waals surface area (Å²) in [6.45, 7) is 5.02. The van der Waals surface area contributed by atoms with Crippen LogP contribution in [0.5, 0.6) is 11.5 Å². The topological polar surface area (TPSA) is 65.4 Å². The number of methoxy groups -OCH3 is 2. The van der Waals surface area contributed by atoms with Crippen molar-refractivity contribution < 1.29 is 18.7 Å². The molecule has 1 aromatic carbocycles. The van der Waals surface area contributed by atoms with Crippen LogP contribution in [0.25, 0.3) is 0 Å². The van der Waals surface area contributed by atoms with Crippen molar-refractivity contribution in [2.24, 2.45) is 5.92 Å². The summed E-state index contributed by atoms with van der Waals surface area (Å²) in [5.74, 6) is 0.161. The molecule has 0 fully saturated rings. The fourth-order valence-electron chi connectivity index (χ4n) is 2.16. The molecule has 1 amide bonds. The largest absolute Gasteiger partial charge is 0.493 e. The van der Waals surface area contributed by atoms with E-state index in [9.17, 15) is 9.18 Å². The van der Waals surface area contributed by atoms with Crippen LogP contribution in [0.15, 0.2) is 24.4 Å². The van der Waals surface area contributed by atoms with Crippen LogP contribution in [-0.2, 0) is 6.54 Å². The maximum Gasteiger partial charge on any atom is 0.259 e. The number of ether oxygens (including phenoxy) is 2.